The van der Waals surface area contributed by atoms with Gasteiger partial charge in [-0.3, -0.25) is 19.6 Å². The first-order valence-corrected chi connectivity index (χ1v) is 12.3. The molecule has 8 nitrogen and oxygen atoms in total. The van der Waals surface area contributed by atoms with Gasteiger partial charge in [0.05, 0.1) is 13.1 Å². The molecule has 0 aromatic heterocycles. The fourth-order valence-electron chi connectivity index (χ4n) is 5.19. The van der Waals surface area contributed by atoms with Crippen molar-refractivity contribution in [2.45, 2.75) is 33.2 Å². The van der Waals surface area contributed by atoms with E-state index in [0.29, 0.717) is 30.3 Å². The minimum absolute atomic E-state index is 0. The number of likely N-dealkylation sites (tertiary alicyclic amines) is 1. The van der Waals surface area contributed by atoms with Crippen molar-refractivity contribution in [2.24, 2.45) is 16.8 Å². The average molecular weight is 564 g/mol. The molecule has 0 bridgehead atoms. The van der Waals surface area contributed by atoms with Crippen molar-refractivity contribution in [3.05, 3.63) is 0 Å². The van der Waals surface area contributed by atoms with Crippen molar-refractivity contribution in [3.8, 4) is 0 Å². The maximum atomic E-state index is 12.8. The van der Waals surface area contributed by atoms with Crippen molar-refractivity contribution in [2.75, 3.05) is 92.6 Å². The highest BCUT2D eigenvalue weighted by Crippen LogP contribution is 2.21. The molecular formula is C23H46IN7O. The molecule has 3 fully saturated rings. The summed E-state index contributed by atoms with van der Waals surface area (Å²) < 4.78 is 0. The fraction of sp³-hybridized carbons (Fsp3) is 0.913. The molecule has 3 unspecified atom stereocenters. The molecule has 32 heavy (non-hydrogen) atoms. The Morgan fingerprint density at radius 3 is 2.22 bits per heavy atom. The van der Waals surface area contributed by atoms with Crippen LogP contribution in [0.25, 0.3) is 0 Å². The van der Waals surface area contributed by atoms with Crippen molar-refractivity contribution in [1.82, 2.24) is 29.8 Å². The number of piperazine rings is 2. The molecule has 3 aliphatic rings. The summed E-state index contributed by atoms with van der Waals surface area (Å²) in [6, 6.07) is 0.473. The van der Waals surface area contributed by atoms with Crippen LogP contribution in [0.3, 0.4) is 0 Å². The summed E-state index contributed by atoms with van der Waals surface area (Å²) in [6.07, 6.45) is 1.24. The molecule has 0 aromatic carbocycles. The second kappa shape index (κ2) is 13.3. The number of halogens is 1. The largest absolute Gasteiger partial charge is 0.357 e. The Hall–Kier alpha value is -0.650. The molecule has 0 radical (unpaired) electrons. The summed E-state index contributed by atoms with van der Waals surface area (Å²) >= 11 is 0. The smallest absolute Gasteiger partial charge is 0.236 e. The molecule has 3 heterocycles. The number of piperidine rings is 1. The van der Waals surface area contributed by atoms with Crippen LogP contribution in [-0.2, 0) is 4.79 Å². The van der Waals surface area contributed by atoms with Crippen LogP contribution in [0.5, 0.6) is 0 Å². The fourth-order valence-corrected chi connectivity index (χ4v) is 5.19. The summed E-state index contributed by atoms with van der Waals surface area (Å²) in [5.74, 6) is 2.56. The molecule has 3 atom stereocenters. The van der Waals surface area contributed by atoms with Gasteiger partial charge in [0.2, 0.25) is 5.91 Å². The topological polar surface area (TPSA) is 57.7 Å². The first-order chi connectivity index (χ1) is 14.9. The lowest BCUT2D eigenvalue weighted by Crippen LogP contribution is -2.55. The third kappa shape index (κ3) is 7.99. The van der Waals surface area contributed by atoms with E-state index >= 15 is 0 Å². The molecule has 0 aromatic rings. The number of aliphatic imine (C=N–C) groups is 1. The molecule has 0 saturated carbocycles. The zero-order valence-corrected chi connectivity index (χ0v) is 23.3. The number of nitrogens with one attached hydrogen (secondary N) is 1. The lowest BCUT2D eigenvalue weighted by atomic mass is 9.92. The van der Waals surface area contributed by atoms with Crippen LogP contribution in [0.4, 0.5) is 0 Å². The van der Waals surface area contributed by atoms with E-state index in [1.807, 2.05) is 0 Å². The van der Waals surface area contributed by atoms with E-state index in [9.17, 15) is 4.79 Å². The van der Waals surface area contributed by atoms with Gasteiger partial charge in [0, 0.05) is 71.5 Å². The Labute approximate surface area is 212 Å². The van der Waals surface area contributed by atoms with Gasteiger partial charge in [0.25, 0.3) is 0 Å². The Bertz CT molecular complexity index is 601. The lowest BCUT2D eigenvalue weighted by molar-refractivity contribution is -0.135. The van der Waals surface area contributed by atoms with Crippen LogP contribution in [-0.4, -0.2) is 135 Å². The predicted octanol–water partition coefficient (Wildman–Crippen LogP) is 0.938. The molecule has 1 amide bonds. The molecule has 9 heteroatoms. The van der Waals surface area contributed by atoms with Crippen LogP contribution in [0, 0.1) is 11.8 Å². The molecular weight excluding hydrogens is 517 g/mol. The van der Waals surface area contributed by atoms with Gasteiger partial charge in [-0.25, -0.2) is 0 Å². The lowest BCUT2D eigenvalue weighted by Gasteiger charge is -2.39. The summed E-state index contributed by atoms with van der Waals surface area (Å²) in [4.78, 5) is 29.4. The minimum Gasteiger partial charge on any atom is -0.357 e. The van der Waals surface area contributed by atoms with E-state index in [1.165, 1.54) is 6.42 Å². The maximum absolute atomic E-state index is 12.8. The first-order valence-electron chi connectivity index (χ1n) is 12.3. The average Bonchev–Trinajstić information content (AvgIpc) is 2.73. The SMILES string of the molecule is CCNC(=NCC1CN(C)CCN1C)N1CCN(CC(=O)N2CC(C)CC(C)C2)CC1.I. The van der Waals surface area contributed by atoms with E-state index in [4.69, 9.17) is 4.99 Å². The van der Waals surface area contributed by atoms with Gasteiger partial charge in [-0.1, -0.05) is 13.8 Å². The highest BCUT2D eigenvalue weighted by Gasteiger charge is 2.28. The van der Waals surface area contributed by atoms with Gasteiger partial charge in [-0.2, -0.15) is 0 Å². The molecule has 3 saturated heterocycles. The van der Waals surface area contributed by atoms with Gasteiger partial charge in [0.1, 0.15) is 0 Å². The third-order valence-electron chi connectivity index (χ3n) is 7.02. The van der Waals surface area contributed by atoms with Crippen LogP contribution < -0.4 is 5.32 Å². The highest BCUT2D eigenvalue weighted by molar-refractivity contribution is 14.0. The third-order valence-corrected chi connectivity index (χ3v) is 7.02. The highest BCUT2D eigenvalue weighted by atomic mass is 127. The second-order valence-corrected chi connectivity index (χ2v) is 10.1. The molecule has 1 N–H and O–H groups in total. The van der Waals surface area contributed by atoms with Crippen LogP contribution in [0.15, 0.2) is 4.99 Å². The number of carbonyl (C=O) groups excluding carboxylic acids is 1. The molecule has 0 spiro atoms. The first kappa shape index (κ1) is 27.6. The van der Waals surface area contributed by atoms with Gasteiger partial charge in [-0.15, -0.1) is 24.0 Å². The molecule has 0 aliphatic carbocycles. The van der Waals surface area contributed by atoms with Crippen molar-refractivity contribution in [1.29, 1.82) is 0 Å². The van der Waals surface area contributed by atoms with E-state index in [0.717, 1.165) is 78.0 Å². The zero-order chi connectivity index (χ0) is 22.4. The number of rotatable bonds is 5. The molecule has 3 rings (SSSR count). The summed E-state index contributed by atoms with van der Waals surface area (Å²) in [7, 11) is 4.40. The number of carbonyl (C=O) groups is 1. The Kier molecular flexibility index (Phi) is 11.5. The van der Waals surface area contributed by atoms with Crippen LogP contribution in [0.2, 0.25) is 0 Å². The van der Waals surface area contributed by atoms with Gasteiger partial charge >= 0.3 is 0 Å². The number of likely N-dealkylation sites (N-methyl/N-ethyl adjacent to an activating group) is 2. The Balaban J connectivity index is 0.00000363. The van der Waals surface area contributed by atoms with Gasteiger partial charge in [0.15, 0.2) is 5.96 Å². The van der Waals surface area contributed by atoms with Crippen molar-refractivity contribution in [3.63, 3.8) is 0 Å². The minimum atomic E-state index is 0. The van der Waals surface area contributed by atoms with Gasteiger partial charge < -0.3 is 20.0 Å². The second-order valence-electron chi connectivity index (χ2n) is 10.1. The molecule has 3 aliphatic heterocycles. The summed E-state index contributed by atoms with van der Waals surface area (Å²) in [5.41, 5.74) is 0. The maximum Gasteiger partial charge on any atom is 0.236 e. The van der Waals surface area contributed by atoms with E-state index in [1.54, 1.807) is 0 Å². The monoisotopic (exact) mass is 563 g/mol. The molecule has 186 valence electrons. The standard InChI is InChI=1S/C23H45N7O.HI/c1-6-24-23(25-14-21-17-26(4)7-8-27(21)5)29-11-9-28(10-12-29)18-22(31)30-15-19(2)13-20(3)16-30;/h19-21H,6-18H2,1-5H3,(H,24,25);1H. The number of guanidine groups is 1. The number of amides is 1. The number of nitrogens with zero attached hydrogens (tertiary/aromatic N) is 6. The van der Waals surface area contributed by atoms with E-state index in [2.05, 4.69) is 64.7 Å². The number of hydrogen-bond donors (Lipinski definition) is 1. The van der Waals surface area contributed by atoms with E-state index in [-0.39, 0.29) is 24.0 Å². The Morgan fingerprint density at radius 2 is 1.59 bits per heavy atom. The number of hydrogen-bond acceptors (Lipinski definition) is 5. The summed E-state index contributed by atoms with van der Waals surface area (Å²) in [5, 5.41) is 3.49. The normalized spacial score (nSPS) is 29.0. The van der Waals surface area contributed by atoms with Crippen LogP contribution >= 0.6 is 24.0 Å². The Morgan fingerprint density at radius 1 is 0.938 bits per heavy atom. The quantitative estimate of drug-likeness (QED) is 0.306. The van der Waals surface area contributed by atoms with Crippen molar-refractivity contribution < 1.29 is 4.79 Å². The summed E-state index contributed by atoms with van der Waals surface area (Å²) in [6.45, 7) is 17.8. The van der Waals surface area contributed by atoms with E-state index < -0.39 is 0 Å². The van der Waals surface area contributed by atoms with Crippen molar-refractivity contribution >= 4 is 35.8 Å². The van der Waals surface area contributed by atoms with Crippen LogP contribution in [0.1, 0.15) is 27.2 Å². The predicted molar refractivity (Wildman–Crippen MR) is 143 cm³/mol. The van der Waals surface area contributed by atoms with Gasteiger partial charge in [-0.05, 0) is 39.3 Å². The zero-order valence-electron chi connectivity index (χ0n) is 20.9.